The summed E-state index contributed by atoms with van der Waals surface area (Å²) >= 11 is 1.87. The molecular formula is C14H21NS. The first-order chi connectivity index (χ1) is 7.54. The van der Waals surface area contributed by atoms with Gasteiger partial charge in [0.2, 0.25) is 0 Å². The molecule has 1 nitrogen and oxygen atoms in total. The summed E-state index contributed by atoms with van der Waals surface area (Å²) in [6.45, 7) is 12.5. The third-order valence-electron chi connectivity index (χ3n) is 2.39. The third kappa shape index (κ3) is 3.67. The van der Waals surface area contributed by atoms with Crippen molar-refractivity contribution in [3.05, 3.63) is 23.8 Å². The van der Waals surface area contributed by atoms with Gasteiger partial charge in [0.05, 0.1) is 5.69 Å². The minimum absolute atomic E-state index is 0.546. The molecule has 0 aliphatic rings. The van der Waals surface area contributed by atoms with Gasteiger partial charge in [0.15, 0.2) is 0 Å². The molecule has 0 aromatic heterocycles. The van der Waals surface area contributed by atoms with E-state index in [0.717, 1.165) is 11.4 Å². The summed E-state index contributed by atoms with van der Waals surface area (Å²) in [4.78, 5) is 5.36. The zero-order valence-electron chi connectivity index (χ0n) is 10.7. The number of nitrogens with zero attached hydrogens (tertiary/aromatic N) is 1. The summed E-state index contributed by atoms with van der Waals surface area (Å²) in [5.74, 6) is 2.38. The zero-order valence-corrected chi connectivity index (χ0v) is 11.5. The Morgan fingerprint density at radius 3 is 2.44 bits per heavy atom. The predicted octanol–water partition coefficient (Wildman–Crippen LogP) is 4.89. The summed E-state index contributed by atoms with van der Waals surface area (Å²) in [6, 6.07) is 6.52. The van der Waals surface area contributed by atoms with E-state index in [1.807, 2.05) is 11.8 Å². The van der Waals surface area contributed by atoms with Crippen LogP contribution in [-0.2, 0) is 0 Å². The molecule has 0 aliphatic heterocycles. The molecule has 0 aliphatic carbocycles. The van der Waals surface area contributed by atoms with Crippen molar-refractivity contribution in [1.29, 1.82) is 0 Å². The van der Waals surface area contributed by atoms with Gasteiger partial charge in [0.1, 0.15) is 0 Å². The van der Waals surface area contributed by atoms with E-state index in [1.54, 1.807) is 0 Å². The molecule has 0 amide bonds. The van der Waals surface area contributed by atoms with Crippen molar-refractivity contribution in [2.75, 3.05) is 5.75 Å². The van der Waals surface area contributed by atoms with Crippen LogP contribution < -0.4 is 0 Å². The molecule has 88 valence electrons. The molecule has 0 atom stereocenters. The van der Waals surface area contributed by atoms with Gasteiger partial charge in [-0.3, -0.25) is 4.99 Å². The van der Waals surface area contributed by atoms with Crippen molar-refractivity contribution in [3.8, 4) is 0 Å². The van der Waals surface area contributed by atoms with Gasteiger partial charge in [-0.25, -0.2) is 0 Å². The minimum atomic E-state index is 0.546. The van der Waals surface area contributed by atoms with Gasteiger partial charge in [-0.1, -0.05) is 33.8 Å². The number of rotatable bonds is 5. The van der Waals surface area contributed by atoms with E-state index in [-0.39, 0.29) is 0 Å². The zero-order chi connectivity index (χ0) is 12.1. The van der Waals surface area contributed by atoms with E-state index in [4.69, 9.17) is 0 Å². The molecule has 1 rings (SSSR count). The second-order valence-corrected chi connectivity index (χ2v) is 5.81. The Balaban J connectivity index is 2.89. The first-order valence-electron chi connectivity index (χ1n) is 5.78. The molecule has 1 aromatic rings. The van der Waals surface area contributed by atoms with Crippen LogP contribution in [0.1, 0.15) is 39.2 Å². The van der Waals surface area contributed by atoms with Crippen LogP contribution in [0.2, 0.25) is 0 Å². The fourth-order valence-corrected chi connectivity index (χ4v) is 2.34. The summed E-state index contributed by atoms with van der Waals surface area (Å²) in [5, 5.41) is 0. The van der Waals surface area contributed by atoms with E-state index >= 15 is 0 Å². The van der Waals surface area contributed by atoms with E-state index < -0.39 is 0 Å². The van der Waals surface area contributed by atoms with Gasteiger partial charge in [-0.2, -0.15) is 0 Å². The lowest BCUT2D eigenvalue weighted by atomic mass is 10.0. The second kappa shape index (κ2) is 6.09. The van der Waals surface area contributed by atoms with E-state index in [9.17, 15) is 0 Å². The van der Waals surface area contributed by atoms with Crippen LogP contribution in [0.3, 0.4) is 0 Å². The summed E-state index contributed by atoms with van der Waals surface area (Å²) in [7, 11) is 0. The SMILES string of the molecule is C=Nc1cc(C(C)C)ccc1SCC(C)C. The Kier molecular flexibility index (Phi) is 5.07. The Hall–Kier alpha value is -0.760. The average molecular weight is 235 g/mol. The molecule has 1 aromatic carbocycles. The lowest BCUT2D eigenvalue weighted by Crippen LogP contribution is -1.91. The molecule has 0 heterocycles. The highest BCUT2D eigenvalue weighted by molar-refractivity contribution is 7.99. The van der Waals surface area contributed by atoms with E-state index in [1.165, 1.54) is 10.5 Å². The van der Waals surface area contributed by atoms with Gasteiger partial charge >= 0.3 is 0 Å². The maximum atomic E-state index is 4.12. The molecule has 0 unspecified atom stereocenters. The first-order valence-corrected chi connectivity index (χ1v) is 6.76. The van der Waals surface area contributed by atoms with E-state index in [2.05, 4.69) is 57.6 Å². The molecule has 2 heteroatoms. The molecule has 0 radical (unpaired) electrons. The highest BCUT2D eigenvalue weighted by Crippen LogP contribution is 2.33. The molecule has 0 bridgehead atoms. The topological polar surface area (TPSA) is 12.4 Å². The average Bonchev–Trinajstić information content (AvgIpc) is 2.25. The van der Waals surface area contributed by atoms with Crippen LogP contribution in [0.4, 0.5) is 5.69 Å². The van der Waals surface area contributed by atoms with Gasteiger partial charge in [-0.15, -0.1) is 11.8 Å². The maximum Gasteiger partial charge on any atom is 0.0760 e. The van der Waals surface area contributed by atoms with Crippen molar-refractivity contribution < 1.29 is 0 Å². The predicted molar refractivity (Wildman–Crippen MR) is 75.3 cm³/mol. The van der Waals surface area contributed by atoms with Crippen LogP contribution >= 0.6 is 11.8 Å². The van der Waals surface area contributed by atoms with Crippen molar-refractivity contribution >= 4 is 24.2 Å². The fourth-order valence-electron chi connectivity index (χ4n) is 1.40. The van der Waals surface area contributed by atoms with E-state index in [0.29, 0.717) is 11.8 Å². The van der Waals surface area contributed by atoms with Crippen LogP contribution in [-0.4, -0.2) is 12.5 Å². The van der Waals surface area contributed by atoms with Gasteiger partial charge in [0.25, 0.3) is 0 Å². The van der Waals surface area contributed by atoms with Crippen LogP contribution in [0.5, 0.6) is 0 Å². The van der Waals surface area contributed by atoms with Gasteiger partial charge in [0, 0.05) is 10.6 Å². The van der Waals surface area contributed by atoms with Crippen LogP contribution in [0.25, 0.3) is 0 Å². The van der Waals surface area contributed by atoms with Gasteiger partial charge < -0.3 is 0 Å². The fraction of sp³-hybridized carbons (Fsp3) is 0.500. The standard InChI is InChI=1S/C14H21NS/c1-10(2)9-16-14-7-6-12(11(3)4)8-13(14)15-5/h6-8,10-11H,5,9H2,1-4H3. The Morgan fingerprint density at radius 2 is 1.94 bits per heavy atom. The smallest absolute Gasteiger partial charge is 0.0760 e. The molecule has 0 saturated carbocycles. The number of hydrogen-bond acceptors (Lipinski definition) is 2. The first kappa shape index (κ1) is 13.3. The van der Waals surface area contributed by atoms with Crippen molar-refractivity contribution in [2.45, 2.75) is 38.5 Å². The molecule has 0 N–H and O–H groups in total. The Labute approximate surface area is 103 Å². The summed E-state index contributed by atoms with van der Waals surface area (Å²) < 4.78 is 0. The van der Waals surface area contributed by atoms with Gasteiger partial charge in [-0.05, 0) is 36.2 Å². The third-order valence-corrected chi connectivity index (χ3v) is 3.88. The van der Waals surface area contributed by atoms with Crippen LogP contribution in [0, 0.1) is 5.92 Å². The molecule has 0 fully saturated rings. The largest absolute Gasteiger partial charge is 0.263 e. The molecular weight excluding hydrogens is 214 g/mol. The summed E-state index contributed by atoms with van der Waals surface area (Å²) in [5.41, 5.74) is 2.35. The lowest BCUT2D eigenvalue weighted by Gasteiger charge is -2.11. The molecule has 0 saturated heterocycles. The highest BCUT2D eigenvalue weighted by Gasteiger charge is 2.06. The molecule has 0 spiro atoms. The minimum Gasteiger partial charge on any atom is -0.263 e. The number of thioether (sulfide) groups is 1. The van der Waals surface area contributed by atoms with Crippen molar-refractivity contribution in [1.82, 2.24) is 0 Å². The number of hydrogen-bond donors (Lipinski definition) is 0. The molecule has 16 heavy (non-hydrogen) atoms. The second-order valence-electron chi connectivity index (χ2n) is 4.74. The monoisotopic (exact) mass is 235 g/mol. The number of aliphatic imine (C=N–C) groups is 1. The number of benzene rings is 1. The van der Waals surface area contributed by atoms with Crippen molar-refractivity contribution in [2.24, 2.45) is 10.9 Å². The highest BCUT2D eigenvalue weighted by atomic mass is 32.2. The summed E-state index contributed by atoms with van der Waals surface area (Å²) in [6.07, 6.45) is 0. The quantitative estimate of drug-likeness (QED) is 0.523. The normalized spacial score (nSPS) is 11.1. The Morgan fingerprint density at radius 1 is 1.25 bits per heavy atom. The Bertz CT molecular complexity index is 356. The van der Waals surface area contributed by atoms with Crippen LogP contribution in [0.15, 0.2) is 28.1 Å². The maximum absolute atomic E-state index is 4.12. The lowest BCUT2D eigenvalue weighted by molar-refractivity contribution is 0.750. The van der Waals surface area contributed by atoms with Crippen molar-refractivity contribution in [3.63, 3.8) is 0 Å².